The van der Waals surface area contributed by atoms with E-state index in [0.717, 1.165) is 0 Å². The van der Waals surface area contributed by atoms with Crippen LogP contribution in [-0.2, 0) is 48.9 Å². The molecule has 1 aromatic carbocycles. The summed E-state index contributed by atoms with van der Waals surface area (Å²) in [5, 5.41) is 0. The molecule has 4 heteroatoms. The summed E-state index contributed by atoms with van der Waals surface area (Å²) >= 11 is 0. The van der Waals surface area contributed by atoms with Crippen LogP contribution in [0, 0.1) is 6.92 Å². The Morgan fingerprint density at radius 2 is 1.47 bits per heavy atom. The molecule has 1 aromatic rings. The molecule has 0 aliphatic heterocycles. The van der Waals surface area contributed by atoms with Crippen LogP contribution in [-0.4, -0.2) is 20.4 Å². The van der Waals surface area contributed by atoms with Crippen molar-refractivity contribution in [2.75, 3.05) is 0 Å². The topological polar surface area (TPSA) is 51.2 Å². The Bertz CT molecular complexity index is 279. The molecular weight excluding hydrogens is 252 g/mol. The number of aryl methyl sites for hydroxylation is 2. The Labute approximate surface area is 118 Å². The summed E-state index contributed by atoms with van der Waals surface area (Å²) in [4.78, 5) is 23.2. The molecule has 0 N–H and O–H groups in total. The second-order valence-electron chi connectivity index (χ2n) is 3.23. The van der Waals surface area contributed by atoms with Crippen molar-refractivity contribution in [2.45, 2.75) is 32.6 Å². The van der Waals surface area contributed by atoms with Gasteiger partial charge in [0.25, 0.3) is 0 Å². The van der Waals surface area contributed by atoms with E-state index in [-0.39, 0.29) is 21.7 Å². The minimum atomic E-state index is 0. The van der Waals surface area contributed by atoms with E-state index >= 15 is 0 Å². The molecule has 0 atom stereocenters. The summed E-state index contributed by atoms with van der Waals surface area (Å²) in [7, 11) is 0. The van der Waals surface area contributed by atoms with Crippen molar-refractivity contribution in [3.63, 3.8) is 0 Å². The van der Waals surface area contributed by atoms with Gasteiger partial charge in [0.05, 0.1) is 0 Å². The summed E-state index contributed by atoms with van der Waals surface area (Å²) in [6.45, 7) is 12.0. The van der Waals surface area contributed by atoms with E-state index in [2.05, 4.69) is 39.4 Å². The molecule has 90 valence electrons. The molecule has 0 spiro atoms. The molecule has 0 unspecified atom stereocenters. The molecule has 0 bridgehead atoms. The van der Waals surface area contributed by atoms with E-state index < -0.39 is 0 Å². The second kappa shape index (κ2) is 15.1. The monoisotopic (exact) mass is 268 g/mol. The third-order valence-electron chi connectivity index (χ3n) is 2.52. The smallest absolute Gasteiger partial charge is 0.545 e. The largest absolute Gasteiger partial charge is 4.00 e. The fourth-order valence-electron chi connectivity index (χ4n) is 1.89. The van der Waals surface area contributed by atoms with Gasteiger partial charge in [0.15, 0.2) is 0 Å². The second-order valence-corrected chi connectivity index (χ2v) is 3.23. The standard InChI is InChI=1S/C10H13.3CHO.Ti/c1-8-6-7-9-4-2-3-5-10(8)9;3*1-2;/h6-7H,2-5H2,1H3;3*1H;/q4*-1;+4. The molecule has 0 saturated carbocycles. The molecule has 3 nitrogen and oxygen atoms in total. The van der Waals surface area contributed by atoms with Crippen LogP contribution in [0.4, 0.5) is 0 Å². The predicted octanol–water partition coefficient (Wildman–Crippen LogP) is 1.77. The fraction of sp³-hybridized carbons (Fsp3) is 0.385. The summed E-state index contributed by atoms with van der Waals surface area (Å²) in [6.07, 6.45) is 5.45. The van der Waals surface area contributed by atoms with Gasteiger partial charge >= 0.3 is 21.7 Å². The first kappa shape index (κ1) is 21.4. The molecule has 1 aliphatic carbocycles. The van der Waals surface area contributed by atoms with Crippen molar-refractivity contribution in [3.05, 3.63) is 28.8 Å². The third kappa shape index (κ3) is 7.08. The first-order valence-corrected chi connectivity index (χ1v) is 4.82. The Kier molecular flexibility index (Phi) is 18.9. The van der Waals surface area contributed by atoms with Crippen molar-refractivity contribution in [3.8, 4) is 0 Å². The fourth-order valence-corrected chi connectivity index (χ4v) is 1.89. The molecule has 2 rings (SSSR count). The number of fused-ring (bicyclic) bond motifs is 1. The van der Waals surface area contributed by atoms with Gasteiger partial charge in [-0.15, -0.1) is 0 Å². The van der Waals surface area contributed by atoms with Gasteiger partial charge < -0.3 is 14.4 Å². The summed E-state index contributed by atoms with van der Waals surface area (Å²) in [5.74, 6) is 0. The molecule has 0 aromatic heterocycles. The van der Waals surface area contributed by atoms with Gasteiger partial charge in [-0.05, 0) is 0 Å². The minimum Gasteiger partial charge on any atom is -0.545 e. The molecule has 0 radical (unpaired) electrons. The van der Waals surface area contributed by atoms with Crippen molar-refractivity contribution >= 4 is 20.4 Å². The van der Waals surface area contributed by atoms with Gasteiger partial charge in [-0.1, -0.05) is 32.6 Å². The number of hydrogen-bond acceptors (Lipinski definition) is 3. The zero-order valence-electron chi connectivity index (χ0n) is 9.94. The SMILES string of the molecule is C[c-]1ccc2c1CCCC2.[CH-]=O.[CH-]=O.[CH-]=O.[Ti+4]. The van der Waals surface area contributed by atoms with Crippen LogP contribution in [0.5, 0.6) is 0 Å². The average molecular weight is 268 g/mol. The predicted molar refractivity (Wildman–Crippen MR) is 63.7 cm³/mol. The number of rotatable bonds is 0. The van der Waals surface area contributed by atoms with Gasteiger partial charge in [-0.25, -0.2) is 6.07 Å². The van der Waals surface area contributed by atoms with Crippen LogP contribution in [0.1, 0.15) is 29.5 Å². The molecule has 0 saturated heterocycles. The maximum atomic E-state index is 7.75. The third-order valence-corrected chi connectivity index (χ3v) is 2.52. The maximum absolute atomic E-state index is 7.75. The van der Waals surface area contributed by atoms with E-state index in [1.807, 2.05) is 0 Å². The van der Waals surface area contributed by atoms with Crippen LogP contribution in [0.3, 0.4) is 0 Å². The average Bonchev–Trinajstić information content (AvgIpc) is 2.79. The Hall–Kier alpha value is -0.926. The zero-order chi connectivity index (χ0) is 13.0. The van der Waals surface area contributed by atoms with Crippen LogP contribution in [0.15, 0.2) is 12.1 Å². The van der Waals surface area contributed by atoms with Gasteiger partial charge in [-0.3, -0.25) is 20.4 Å². The Balaban J connectivity index is -0.000000248. The van der Waals surface area contributed by atoms with E-state index in [9.17, 15) is 0 Å². The van der Waals surface area contributed by atoms with Gasteiger partial charge in [0.1, 0.15) is 0 Å². The first-order chi connectivity index (χ1) is 7.88. The Morgan fingerprint density at radius 1 is 1.00 bits per heavy atom. The van der Waals surface area contributed by atoms with Crippen LogP contribution < -0.4 is 0 Å². The summed E-state index contributed by atoms with van der Waals surface area (Å²) < 4.78 is 0. The van der Waals surface area contributed by atoms with Crippen LogP contribution in [0.2, 0.25) is 0 Å². The molecule has 0 fully saturated rings. The maximum Gasteiger partial charge on any atom is 4.00 e. The van der Waals surface area contributed by atoms with Crippen LogP contribution in [0.25, 0.3) is 0 Å². The van der Waals surface area contributed by atoms with Crippen LogP contribution >= 0.6 is 0 Å². The van der Waals surface area contributed by atoms with E-state index in [1.54, 1.807) is 11.1 Å². The first-order valence-electron chi connectivity index (χ1n) is 4.82. The Morgan fingerprint density at radius 3 is 1.94 bits per heavy atom. The minimum absolute atomic E-state index is 0. The number of carbonyl (C=O) groups excluding carboxylic acids is 3. The number of hydrogen-bond donors (Lipinski definition) is 0. The van der Waals surface area contributed by atoms with Gasteiger partial charge in [0, 0.05) is 0 Å². The van der Waals surface area contributed by atoms with Gasteiger partial charge in [-0.2, -0.15) is 22.8 Å². The molecule has 1 aliphatic rings. The molecule has 0 amide bonds. The zero-order valence-corrected chi connectivity index (χ0v) is 11.5. The normalized spacial score (nSPS) is 10.6. The van der Waals surface area contributed by atoms with Gasteiger partial charge in [0.2, 0.25) is 0 Å². The van der Waals surface area contributed by atoms with E-state index in [1.165, 1.54) is 31.2 Å². The molecule has 0 heterocycles. The molecule has 17 heavy (non-hydrogen) atoms. The summed E-state index contributed by atoms with van der Waals surface area (Å²) in [5.41, 5.74) is 4.77. The van der Waals surface area contributed by atoms with E-state index in [0.29, 0.717) is 0 Å². The van der Waals surface area contributed by atoms with Crippen molar-refractivity contribution in [2.24, 2.45) is 0 Å². The van der Waals surface area contributed by atoms with Crippen molar-refractivity contribution in [1.82, 2.24) is 0 Å². The van der Waals surface area contributed by atoms with Crippen molar-refractivity contribution < 1.29 is 36.1 Å². The van der Waals surface area contributed by atoms with E-state index in [4.69, 9.17) is 14.4 Å². The molecular formula is C13H16O3Ti. The van der Waals surface area contributed by atoms with Crippen molar-refractivity contribution in [1.29, 1.82) is 0 Å². The summed E-state index contributed by atoms with van der Waals surface area (Å²) in [6, 6.07) is 4.56. The quantitative estimate of drug-likeness (QED) is 0.409.